The fourth-order valence-corrected chi connectivity index (χ4v) is 13.6. The van der Waals surface area contributed by atoms with E-state index in [1.165, 1.54) is 32.6 Å². The molecule has 5 fully saturated rings. The zero-order valence-electron chi connectivity index (χ0n) is 30.7. The van der Waals surface area contributed by atoms with Crippen LogP contribution in [0.25, 0.3) is 0 Å². The lowest BCUT2D eigenvalue weighted by atomic mass is 9.32. The monoisotopic (exact) mass is 637 g/mol. The number of esters is 2. The van der Waals surface area contributed by atoms with Crippen LogP contribution in [0.4, 0.5) is 0 Å². The highest BCUT2D eigenvalue weighted by atomic mass is 16.5. The quantitative estimate of drug-likeness (QED) is 0.216. The van der Waals surface area contributed by atoms with Crippen LogP contribution in [0, 0.1) is 62.6 Å². The minimum absolute atomic E-state index is 0.00788. The number of hydrogen-bond acceptors (Lipinski definition) is 5. The average molecular weight is 638 g/mol. The summed E-state index contributed by atoms with van der Waals surface area (Å²) in [6, 6.07) is 0. The SMILES string of the molecule is CC(=O)OCC(C(=O)N1CCC1)C12CC[C@]3(C)[C@H](CC[C@@H]4C5(C)CC[C@H](OC(C)=O)C(C)(C)[C@@H]5CCC43C)C1=C(C(C)C)C(C)C2. The molecule has 4 saturated carbocycles. The molecule has 1 aliphatic heterocycles. The Morgan fingerprint density at radius 3 is 2.13 bits per heavy atom. The predicted octanol–water partition coefficient (Wildman–Crippen LogP) is 8.38. The molecule has 0 radical (unpaired) electrons. The highest BCUT2D eigenvalue weighted by Gasteiger charge is 2.71. The molecule has 6 heteroatoms. The molecule has 1 saturated heterocycles. The second-order valence-electron chi connectivity index (χ2n) is 18.4. The summed E-state index contributed by atoms with van der Waals surface area (Å²) in [6.45, 7) is 24.6. The molecule has 46 heavy (non-hydrogen) atoms. The van der Waals surface area contributed by atoms with Crippen LogP contribution in [0.15, 0.2) is 11.1 Å². The first-order chi connectivity index (χ1) is 21.4. The standard InChI is InChI=1S/C40H63NO5/c1-24(2)33-25(3)22-40(29(23-45-26(4)42)35(44)41-20-11-21-41)19-18-38(9)28(34(33)40)12-13-31-37(8)16-15-32(46-27(5)43)36(6,7)30(37)14-17-39(31,38)10/h24-25,28-32H,11-23H2,1-10H3/t25?,28-,29?,30+,31-,32+,37?,38-,39?,40?/m1/s1. The summed E-state index contributed by atoms with van der Waals surface area (Å²) in [5.41, 5.74) is 3.46. The summed E-state index contributed by atoms with van der Waals surface area (Å²) < 4.78 is 11.8. The Balaban J connectivity index is 1.41. The maximum atomic E-state index is 14.3. The van der Waals surface area contributed by atoms with Gasteiger partial charge < -0.3 is 14.4 Å². The van der Waals surface area contributed by atoms with E-state index in [1.807, 2.05) is 4.90 Å². The van der Waals surface area contributed by atoms with Crippen molar-refractivity contribution in [2.75, 3.05) is 19.7 Å². The Kier molecular flexibility index (Phi) is 8.40. The normalized spacial score (nSPS) is 43.5. The lowest BCUT2D eigenvalue weighted by molar-refractivity contribution is -0.234. The summed E-state index contributed by atoms with van der Waals surface area (Å²) in [7, 11) is 0. The zero-order valence-corrected chi connectivity index (χ0v) is 30.7. The van der Waals surface area contributed by atoms with E-state index in [0.29, 0.717) is 29.6 Å². The van der Waals surface area contributed by atoms with Crippen molar-refractivity contribution in [1.82, 2.24) is 4.90 Å². The lowest BCUT2D eigenvalue weighted by Crippen LogP contribution is -2.66. The van der Waals surface area contributed by atoms with Gasteiger partial charge in [-0.25, -0.2) is 0 Å². The van der Waals surface area contributed by atoms with E-state index in [-0.39, 0.29) is 63.5 Å². The number of hydrogen-bond donors (Lipinski definition) is 0. The van der Waals surface area contributed by atoms with Crippen LogP contribution < -0.4 is 0 Å². The molecule has 0 aromatic heterocycles. The minimum Gasteiger partial charge on any atom is -0.465 e. The summed E-state index contributed by atoms with van der Waals surface area (Å²) in [5.74, 6) is 1.92. The first kappa shape index (κ1) is 34.0. The topological polar surface area (TPSA) is 72.9 Å². The number of carbonyl (C=O) groups is 3. The first-order valence-electron chi connectivity index (χ1n) is 18.8. The number of rotatable bonds is 6. The first-order valence-corrected chi connectivity index (χ1v) is 18.8. The van der Waals surface area contributed by atoms with Crippen LogP contribution in [-0.4, -0.2) is 48.5 Å². The van der Waals surface area contributed by atoms with Crippen LogP contribution in [0.5, 0.6) is 0 Å². The fourth-order valence-electron chi connectivity index (χ4n) is 13.6. The summed E-state index contributed by atoms with van der Waals surface area (Å²) in [4.78, 5) is 40.6. The molecule has 6 nitrogen and oxygen atoms in total. The van der Waals surface area contributed by atoms with E-state index in [9.17, 15) is 14.4 Å². The van der Waals surface area contributed by atoms with E-state index < -0.39 is 0 Å². The van der Waals surface area contributed by atoms with Gasteiger partial charge in [0.15, 0.2) is 0 Å². The van der Waals surface area contributed by atoms with Gasteiger partial charge in [0.1, 0.15) is 12.7 Å². The Hall–Kier alpha value is -1.85. The molecule has 0 aromatic carbocycles. The van der Waals surface area contributed by atoms with Crippen molar-refractivity contribution in [3.63, 3.8) is 0 Å². The molecule has 1 amide bonds. The molecule has 0 spiro atoms. The third-order valence-electron chi connectivity index (χ3n) is 15.8. The maximum absolute atomic E-state index is 14.3. The van der Waals surface area contributed by atoms with E-state index in [4.69, 9.17) is 9.47 Å². The lowest BCUT2D eigenvalue weighted by Gasteiger charge is -2.72. The molecule has 0 aromatic rings. The molecular formula is C40H63NO5. The molecule has 5 aliphatic carbocycles. The highest BCUT2D eigenvalue weighted by molar-refractivity contribution is 5.82. The third kappa shape index (κ3) is 4.71. The molecule has 6 aliphatic rings. The summed E-state index contributed by atoms with van der Waals surface area (Å²) in [6.07, 6.45) is 11.0. The highest BCUT2D eigenvalue weighted by Crippen LogP contribution is 2.78. The number of carbonyl (C=O) groups excluding carboxylic acids is 3. The average Bonchev–Trinajstić information content (AvgIpc) is 3.22. The van der Waals surface area contributed by atoms with Gasteiger partial charge in [-0.2, -0.15) is 0 Å². The molecule has 258 valence electrons. The third-order valence-corrected chi connectivity index (χ3v) is 15.8. The maximum Gasteiger partial charge on any atom is 0.302 e. The number of amides is 1. The summed E-state index contributed by atoms with van der Waals surface area (Å²) in [5, 5.41) is 0. The van der Waals surface area contributed by atoms with Crippen LogP contribution in [0.1, 0.15) is 133 Å². The summed E-state index contributed by atoms with van der Waals surface area (Å²) >= 11 is 0. The zero-order chi connectivity index (χ0) is 33.6. The van der Waals surface area contributed by atoms with Gasteiger partial charge in [0.2, 0.25) is 5.91 Å². The van der Waals surface area contributed by atoms with E-state index >= 15 is 0 Å². The molecule has 0 N–H and O–H groups in total. The number of nitrogens with zero attached hydrogens (tertiary/aromatic N) is 1. The second-order valence-corrected chi connectivity index (χ2v) is 18.4. The van der Waals surface area contributed by atoms with Gasteiger partial charge in [-0.05, 0) is 110 Å². The molecular weight excluding hydrogens is 574 g/mol. The Morgan fingerprint density at radius 2 is 1.54 bits per heavy atom. The van der Waals surface area contributed by atoms with Crippen molar-refractivity contribution in [3.8, 4) is 0 Å². The van der Waals surface area contributed by atoms with Crippen LogP contribution in [0.2, 0.25) is 0 Å². The van der Waals surface area contributed by atoms with Crippen LogP contribution in [-0.2, 0) is 23.9 Å². The number of allylic oxidation sites excluding steroid dienone is 2. The van der Waals surface area contributed by atoms with Crippen LogP contribution in [0.3, 0.4) is 0 Å². The van der Waals surface area contributed by atoms with E-state index in [1.54, 1.807) is 18.1 Å². The van der Waals surface area contributed by atoms with Crippen molar-refractivity contribution < 1.29 is 23.9 Å². The number of fused-ring (bicyclic) bond motifs is 7. The molecule has 0 bridgehead atoms. The minimum atomic E-state index is -0.300. The second kappa shape index (κ2) is 11.4. The van der Waals surface area contributed by atoms with Gasteiger partial charge in [0.05, 0.1) is 5.92 Å². The van der Waals surface area contributed by atoms with Crippen molar-refractivity contribution in [2.24, 2.45) is 62.6 Å². The van der Waals surface area contributed by atoms with Gasteiger partial charge in [0, 0.05) is 37.8 Å². The molecule has 5 unspecified atom stereocenters. The largest absolute Gasteiger partial charge is 0.465 e. The molecule has 6 rings (SSSR count). The number of ether oxygens (including phenoxy) is 2. The van der Waals surface area contributed by atoms with E-state index in [0.717, 1.165) is 51.6 Å². The van der Waals surface area contributed by atoms with E-state index in [2.05, 4.69) is 55.4 Å². The Bertz CT molecular complexity index is 1300. The fraction of sp³-hybridized carbons (Fsp3) is 0.875. The van der Waals surface area contributed by atoms with Crippen molar-refractivity contribution >= 4 is 17.8 Å². The van der Waals surface area contributed by atoms with Gasteiger partial charge in [-0.15, -0.1) is 0 Å². The van der Waals surface area contributed by atoms with Crippen LogP contribution >= 0.6 is 0 Å². The van der Waals surface area contributed by atoms with Gasteiger partial charge >= 0.3 is 11.9 Å². The van der Waals surface area contributed by atoms with Gasteiger partial charge in [-0.3, -0.25) is 14.4 Å². The Labute approximate surface area is 279 Å². The smallest absolute Gasteiger partial charge is 0.302 e. The predicted molar refractivity (Wildman–Crippen MR) is 180 cm³/mol. The number of likely N-dealkylation sites (tertiary alicyclic amines) is 1. The van der Waals surface area contributed by atoms with Gasteiger partial charge in [0.25, 0.3) is 0 Å². The van der Waals surface area contributed by atoms with Gasteiger partial charge in [-0.1, -0.05) is 66.5 Å². The Morgan fingerprint density at radius 1 is 0.848 bits per heavy atom. The van der Waals surface area contributed by atoms with Crippen molar-refractivity contribution in [2.45, 2.75) is 140 Å². The van der Waals surface area contributed by atoms with Crippen molar-refractivity contribution in [1.29, 1.82) is 0 Å². The van der Waals surface area contributed by atoms with Crippen molar-refractivity contribution in [3.05, 3.63) is 11.1 Å². The molecule has 10 atom stereocenters. The molecule has 1 heterocycles.